The van der Waals surface area contributed by atoms with Gasteiger partial charge in [-0.3, -0.25) is 4.79 Å². The summed E-state index contributed by atoms with van der Waals surface area (Å²) in [5.41, 5.74) is -0.121. The van der Waals surface area contributed by atoms with Crippen LogP contribution in [0.4, 0.5) is 0 Å². The third-order valence-electron chi connectivity index (χ3n) is 3.57. The molecule has 4 heteroatoms. The lowest BCUT2D eigenvalue weighted by Gasteiger charge is -2.29. The van der Waals surface area contributed by atoms with Gasteiger partial charge in [0.05, 0.1) is 6.54 Å². The van der Waals surface area contributed by atoms with E-state index in [-0.39, 0.29) is 18.1 Å². The van der Waals surface area contributed by atoms with E-state index in [1.165, 1.54) is 0 Å². The fourth-order valence-electron chi connectivity index (χ4n) is 2.00. The van der Waals surface area contributed by atoms with Crippen molar-refractivity contribution < 1.29 is 9.90 Å². The van der Waals surface area contributed by atoms with Crippen LogP contribution in [0.3, 0.4) is 0 Å². The first kappa shape index (κ1) is 13.5. The zero-order valence-electron chi connectivity index (χ0n) is 10.5. The van der Waals surface area contributed by atoms with E-state index in [4.69, 9.17) is 5.11 Å². The summed E-state index contributed by atoms with van der Waals surface area (Å²) in [7, 11) is 0. The Labute approximate surface area is 98.0 Å². The second-order valence-electron chi connectivity index (χ2n) is 4.83. The highest BCUT2D eigenvalue weighted by Crippen LogP contribution is 2.14. The molecule has 16 heavy (non-hydrogen) atoms. The van der Waals surface area contributed by atoms with E-state index in [9.17, 15) is 4.79 Å². The standard InChI is InChI=1S/C12H24N2O2/c1-3-12(2,6-9-15)13-10-11(16)14-7-4-5-8-14/h13,15H,3-10H2,1-2H3. The molecule has 0 bridgehead atoms. The lowest BCUT2D eigenvalue weighted by atomic mass is 9.95. The second kappa shape index (κ2) is 6.21. The molecule has 1 fully saturated rings. The summed E-state index contributed by atoms with van der Waals surface area (Å²) in [6.07, 6.45) is 3.87. The SMILES string of the molecule is CCC(C)(CCO)NCC(=O)N1CCCC1. The van der Waals surface area contributed by atoms with Crippen LogP contribution >= 0.6 is 0 Å². The van der Waals surface area contributed by atoms with Gasteiger partial charge < -0.3 is 15.3 Å². The van der Waals surface area contributed by atoms with Gasteiger partial charge >= 0.3 is 0 Å². The Bertz CT molecular complexity index is 227. The maximum absolute atomic E-state index is 11.8. The van der Waals surface area contributed by atoms with Crippen LogP contribution in [0.25, 0.3) is 0 Å². The lowest BCUT2D eigenvalue weighted by molar-refractivity contribution is -0.129. The van der Waals surface area contributed by atoms with Gasteiger partial charge in [0.15, 0.2) is 0 Å². The molecule has 0 saturated carbocycles. The van der Waals surface area contributed by atoms with Crippen molar-refractivity contribution in [3.63, 3.8) is 0 Å². The van der Waals surface area contributed by atoms with Crippen molar-refractivity contribution in [3.05, 3.63) is 0 Å². The number of aliphatic hydroxyl groups is 1. The van der Waals surface area contributed by atoms with E-state index in [0.717, 1.165) is 32.4 Å². The van der Waals surface area contributed by atoms with E-state index < -0.39 is 0 Å². The van der Waals surface area contributed by atoms with Crippen molar-refractivity contribution in [2.75, 3.05) is 26.2 Å². The maximum atomic E-state index is 11.8. The lowest BCUT2D eigenvalue weighted by Crippen LogP contribution is -2.48. The minimum atomic E-state index is -0.121. The molecule has 0 aromatic carbocycles. The number of rotatable bonds is 6. The molecule has 2 N–H and O–H groups in total. The van der Waals surface area contributed by atoms with Crippen LogP contribution in [0.15, 0.2) is 0 Å². The van der Waals surface area contributed by atoms with Gasteiger partial charge in [-0.2, -0.15) is 0 Å². The molecule has 0 aliphatic carbocycles. The van der Waals surface area contributed by atoms with Crippen LogP contribution in [-0.2, 0) is 4.79 Å². The van der Waals surface area contributed by atoms with Crippen molar-refractivity contribution in [1.82, 2.24) is 10.2 Å². The van der Waals surface area contributed by atoms with Crippen molar-refractivity contribution in [2.45, 2.75) is 45.1 Å². The summed E-state index contributed by atoms with van der Waals surface area (Å²) in [6, 6.07) is 0. The Hall–Kier alpha value is -0.610. The summed E-state index contributed by atoms with van der Waals surface area (Å²) in [6.45, 7) is 6.50. The van der Waals surface area contributed by atoms with E-state index >= 15 is 0 Å². The molecule has 1 unspecified atom stereocenters. The number of aliphatic hydroxyl groups excluding tert-OH is 1. The highest BCUT2D eigenvalue weighted by Gasteiger charge is 2.24. The van der Waals surface area contributed by atoms with Crippen LogP contribution in [-0.4, -0.2) is 47.7 Å². The Morgan fingerprint density at radius 1 is 1.44 bits per heavy atom. The van der Waals surface area contributed by atoms with Gasteiger partial charge in [0.1, 0.15) is 0 Å². The van der Waals surface area contributed by atoms with Gasteiger partial charge in [-0.1, -0.05) is 6.92 Å². The quantitative estimate of drug-likeness (QED) is 0.705. The summed E-state index contributed by atoms with van der Waals surface area (Å²) in [5, 5.41) is 12.2. The summed E-state index contributed by atoms with van der Waals surface area (Å²) in [4.78, 5) is 13.7. The van der Waals surface area contributed by atoms with Crippen LogP contribution in [0, 0.1) is 0 Å². The number of hydrogen-bond acceptors (Lipinski definition) is 3. The molecule has 1 rings (SSSR count). The minimum absolute atomic E-state index is 0.121. The van der Waals surface area contributed by atoms with Gasteiger partial charge in [-0.15, -0.1) is 0 Å². The first-order chi connectivity index (χ1) is 7.61. The maximum Gasteiger partial charge on any atom is 0.236 e. The predicted molar refractivity (Wildman–Crippen MR) is 64.2 cm³/mol. The molecule has 0 radical (unpaired) electrons. The Morgan fingerprint density at radius 2 is 2.06 bits per heavy atom. The molecule has 4 nitrogen and oxygen atoms in total. The molecular formula is C12H24N2O2. The number of nitrogens with one attached hydrogen (secondary N) is 1. The van der Waals surface area contributed by atoms with Gasteiger partial charge in [0, 0.05) is 25.2 Å². The average Bonchev–Trinajstić information content (AvgIpc) is 2.80. The van der Waals surface area contributed by atoms with Crippen molar-refractivity contribution in [1.29, 1.82) is 0 Å². The number of carbonyl (C=O) groups excluding carboxylic acids is 1. The smallest absolute Gasteiger partial charge is 0.236 e. The molecule has 0 aromatic heterocycles. The number of carbonyl (C=O) groups is 1. The summed E-state index contributed by atoms with van der Waals surface area (Å²) in [5.74, 6) is 0.190. The highest BCUT2D eigenvalue weighted by atomic mass is 16.3. The first-order valence-electron chi connectivity index (χ1n) is 6.25. The van der Waals surface area contributed by atoms with Crippen LogP contribution in [0.5, 0.6) is 0 Å². The minimum Gasteiger partial charge on any atom is -0.396 e. The number of nitrogens with zero attached hydrogens (tertiary/aromatic N) is 1. The van der Waals surface area contributed by atoms with Crippen LogP contribution < -0.4 is 5.32 Å². The van der Waals surface area contributed by atoms with Crippen LogP contribution in [0.1, 0.15) is 39.5 Å². The van der Waals surface area contributed by atoms with E-state index in [1.54, 1.807) is 0 Å². The van der Waals surface area contributed by atoms with E-state index in [2.05, 4.69) is 19.2 Å². The largest absolute Gasteiger partial charge is 0.396 e. The summed E-state index contributed by atoms with van der Waals surface area (Å²) < 4.78 is 0. The zero-order valence-corrected chi connectivity index (χ0v) is 10.5. The molecule has 1 saturated heterocycles. The molecule has 1 amide bonds. The Kier molecular flexibility index (Phi) is 5.22. The van der Waals surface area contributed by atoms with Gasteiger partial charge in [-0.05, 0) is 32.6 Å². The van der Waals surface area contributed by atoms with E-state index in [0.29, 0.717) is 13.0 Å². The van der Waals surface area contributed by atoms with Crippen molar-refractivity contribution >= 4 is 5.91 Å². The monoisotopic (exact) mass is 228 g/mol. The zero-order chi connectivity index (χ0) is 12.0. The number of hydrogen-bond donors (Lipinski definition) is 2. The first-order valence-corrected chi connectivity index (χ1v) is 6.25. The van der Waals surface area contributed by atoms with Gasteiger partial charge in [-0.25, -0.2) is 0 Å². The number of likely N-dealkylation sites (tertiary alicyclic amines) is 1. The third-order valence-corrected chi connectivity index (χ3v) is 3.57. The fourth-order valence-corrected chi connectivity index (χ4v) is 2.00. The molecule has 94 valence electrons. The number of amides is 1. The second-order valence-corrected chi connectivity index (χ2v) is 4.83. The molecule has 1 heterocycles. The fraction of sp³-hybridized carbons (Fsp3) is 0.917. The van der Waals surface area contributed by atoms with Crippen molar-refractivity contribution in [3.8, 4) is 0 Å². The summed E-state index contributed by atoms with van der Waals surface area (Å²) >= 11 is 0. The normalized spacial score (nSPS) is 19.8. The third kappa shape index (κ3) is 3.76. The van der Waals surface area contributed by atoms with Crippen LogP contribution in [0.2, 0.25) is 0 Å². The highest BCUT2D eigenvalue weighted by molar-refractivity contribution is 5.78. The molecule has 1 atom stereocenters. The molecule has 0 aromatic rings. The predicted octanol–water partition coefficient (Wildman–Crippen LogP) is 0.749. The van der Waals surface area contributed by atoms with Crippen molar-refractivity contribution in [2.24, 2.45) is 0 Å². The molecule has 1 aliphatic heterocycles. The van der Waals surface area contributed by atoms with E-state index in [1.807, 2.05) is 4.90 Å². The van der Waals surface area contributed by atoms with Gasteiger partial charge in [0.2, 0.25) is 5.91 Å². The average molecular weight is 228 g/mol. The Balaban J connectivity index is 2.33. The Morgan fingerprint density at radius 3 is 2.56 bits per heavy atom. The molecule has 1 aliphatic rings. The molecule has 0 spiro atoms. The molecular weight excluding hydrogens is 204 g/mol. The topological polar surface area (TPSA) is 52.6 Å². The van der Waals surface area contributed by atoms with Gasteiger partial charge in [0.25, 0.3) is 0 Å².